The van der Waals surface area contributed by atoms with Crippen LogP contribution in [-0.2, 0) is 13.0 Å². The van der Waals surface area contributed by atoms with Gasteiger partial charge in [0.05, 0.1) is 0 Å². The summed E-state index contributed by atoms with van der Waals surface area (Å²) in [5, 5.41) is 0. The highest BCUT2D eigenvalue weighted by Crippen LogP contribution is 2.33. The Balaban J connectivity index is 1.99. The van der Waals surface area contributed by atoms with Gasteiger partial charge in [-0.3, -0.25) is 0 Å². The molecule has 1 aromatic rings. The van der Waals surface area contributed by atoms with Crippen LogP contribution in [0.5, 0.6) is 0 Å². The molecule has 0 unspecified atom stereocenters. The number of hydrogen-bond donors (Lipinski definition) is 1. The van der Waals surface area contributed by atoms with E-state index >= 15 is 0 Å². The number of benzene rings is 1. The van der Waals surface area contributed by atoms with Crippen LogP contribution in [0.2, 0.25) is 0 Å². The topological polar surface area (TPSA) is 26.0 Å². The van der Waals surface area contributed by atoms with Crippen molar-refractivity contribution in [3.05, 3.63) is 35.1 Å². The first kappa shape index (κ1) is 9.66. The Hall–Kier alpha value is -0.890. The highest BCUT2D eigenvalue weighted by molar-refractivity contribution is 5.24. The van der Waals surface area contributed by atoms with Gasteiger partial charge in [0.25, 0.3) is 0 Å². The van der Waals surface area contributed by atoms with E-state index in [1.54, 1.807) is 12.1 Å². The van der Waals surface area contributed by atoms with Gasteiger partial charge in [0.2, 0.25) is 0 Å². The molecule has 2 N–H and O–H groups in total. The highest BCUT2D eigenvalue weighted by atomic mass is 19.1. The second-order valence-corrected chi connectivity index (χ2v) is 4.11. The molecule has 1 aliphatic rings. The molecule has 1 aromatic carbocycles. The van der Waals surface area contributed by atoms with E-state index in [0.29, 0.717) is 5.56 Å². The monoisotopic (exact) mass is 193 g/mol. The van der Waals surface area contributed by atoms with E-state index in [9.17, 15) is 4.39 Å². The molecule has 0 atom stereocenters. The van der Waals surface area contributed by atoms with Gasteiger partial charge in [0.1, 0.15) is 5.82 Å². The second-order valence-electron chi connectivity index (χ2n) is 4.11. The van der Waals surface area contributed by atoms with E-state index in [2.05, 4.69) is 0 Å². The van der Waals surface area contributed by atoms with Gasteiger partial charge in [0, 0.05) is 12.1 Å². The van der Waals surface area contributed by atoms with Gasteiger partial charge >= 0.3 is 0 Å². The SMILES string of the molecule is NCc1ccc(CCC2CC2)cc1F. The van der Waals surface area contributed by atoms with E-state index in [1.807, 2.05) is 6.07 Å². The van der Waals surface area contributed by atoms with Crippen LogP contribution in [0.4, 0.5) is 4.39 Å². The van der Waals surface area contributed by atoms with Crippen LogP contribution in [-0.4, -0.2) is 0 Å². The zero-order valence-corrected chi connectivity index (χ0v) is 8.30. The van der Waals surface area contributed by atoms with E-state index in [1.165, 1.54) is 19.3 Å². The van der Waals surface area contributed by atoms with Gasteiger partial charge in [-0.25, -0.2) is 4.39 Å². The Morgan fingerprint density at radius 2 is 2.14 bits per heavy atom. The molecule has 0 saturated heterocycles. The zero-order valence-electron chi connectivity index (χ0n) is 8.30. The minimum absolute atomic E-state index is 0.152. The molecule has 0 amide bonds. The van der Waals surface area contributed by atoms with E-state index in [0.717, 1.165) is 17.9 Å². The third kappa shape index (κ3) is 2.32. The van der Waals surface area contributed by atoms with Crippen LogP contribution >= 0.6 is 0 Å². The van der Waals surface area contributed by atoms with Crippen molar-refractivity contribution >= 4 is 0 Å². The maximum Gasteiger partial charge on any atom is 0.127 e. The Bertz CT molecular complexity index is 318. The Kier molecular flexibility index (Phi) is 2.82. The first-order valence-corrected chi connectivity index (χ1v) is 5.27. The van der Waals surface area contributed by atoms with E-state index < -0.39 is 0 Å². The molecule has 2 rings (SSSR count). The summed E-state index contributed by atoms with van der Waals surface area (Å²) in [6.07, 6.45) is 4.95. The lowest BCUT2D eigenvalue weighted by atomic mass is 10.1. The highest BCUT2D eigenvalue weighted by Gasteiger charge is 2.20. The third-order valence-corrected chi connectivity index (χ3v) is 2.88. The Morgan fingerprint density at radius 1 is 1.36 bits per heavy atom. The summed E-state index contributed by atoms with van der Waals surface area (Å²) < 4.78 is 13.3. The normalized spacial score (nSPS) is 15.9. The van der Waals surface area contributed by atoms with Crippen molar-refractivity contribution in [3.63, 3.8) is 0 Å². The predicted molar refractivity (Wildman–Crippen MR) is 55.3 cm³/mol. The van der Waals surface area contributed by atoms with Gasteiger partial charge in [0.15, 0.2) is 0 Å². The number of aryl methyl sites for hydroxylation is 1. The van der Waals surface area contributed by atoms with Crippen LogP contribution in [0.1, 0.15) is 30.4 Å². The molecule has 0 aliphatic heterocycles. The molecular formula is C12H16FN. The fourth-order valence-electron chi connectivity index (χ4n) is 1.69. The fourth-order valence-corrected chi connectivity index (χ4v) is 1.69. The minimum Gasteiger partial charge on any atom is -0.326 e. The Morgan fingerprint density at radius 3 is 2.71 bits per heavy atom. The number of hydrogen-bond acceptors (Lipinski definition) is 1. The molecule has 0 heterocycles. The van der Waals surface area contributed by atoms with Gasteiger partial charge in [-0.15, -0.1) is 0 Å². The molecule has 76 valence electrons. The maximum absolute atomic E-state index is 13.3. The summed E-state index contributed by atoms with van der Waals surface area (Å²) in [6.45, 7) is 0.286. The van der Waals surface area contributed by atoms with Crippen molar-refractivity contribution in [1.82, 2.24) is 0 Å². The summed E-state index contributed by atoms with van der Waals surface area (Å²) >= 11 is 0. The van der Waals surface area contributed by atoms with Gasteiger partial charge in [-0.2, -0.15) is 0 Å². The molecular weight excluding hydrogens is 177 g/mol. The smallest absolute Gasteiger partial charge is 0.127 e. The molecule has 1 fully saturated rings. The first-order chi connectivity index (χ1) is 6.79. The van der Waals surface area contributed by atoms with Gasteiger partial charge in [-0.05, 0) is 30.4 Å². The summed E-state index contributed by atoms with van der Waals surface area (Å²) in [6, 6.07) is 5.43. The molecule has 0 radical (unpaired) electrons. The number of nitrogens with two attached hydrogens (primary N) is 1. The predicted octanol–water partition coefficient (Wildman–Crippen LogP) is 2.63. The standard InChI is InChI=1S/C12H16FN/c13-12-7-10(4-3-9-1-2-9)5-6-11(12)8-14/h5-7,9H,1-4,8,14H2. The quantitative estimate of drug-likeness (QED) is 0.781. The Labute approximate surface area is 84.1 Å². The molecule has 2 heteroatoms. The molecule has 1 saturated carbocycles. The van der Waals surface area contributed by atoms with Crippen LogP contribution in [0, 0.1) is 11.7 Å². The van der Waals surface area contributed by atoms with Crippen molar-refractivity contribution in [2.24, 2.45) is 11.7 Å². The second kappa shape index (κ2) is 4.09. The molecule has 1 aliphatic carbocycles. The maximum atomic E-state index is 13.3. The summed E-state index contributed by atoms with van der Waals surface area (Å²) in [4.78, 5) is 0. The van der Waals surface area contributed by atoms with Crippen LogP contribution in [0.3, 0.4) is 0 Å². The first-order valence-electron chi connectivity index (χ1n) is 5.27. The van der Waals surface area contributed by atoms with Crippen molar-refractivity contribution in [2.45, 2.75) is 32.2 Å². The third-order valence-electron chi connectivity index (χ3n) is 2.88. The molecule has 1 nitrogen and oxygen atoms in total. The van der Waals surface area contributed by atoms with Crippen LogP contribution in [0.25, 0.3) is 0 Å². The average Bonchev–Trinajstić information content (AvgIpc) is 2.98. The van der Waals surface area contributed by atoms with Crippen molar-refractivity contribution in [1.29, 1.82) is 0 Å². The van der Waals surface area contributed by atoms with Crippen LogP contribution in [0.15, 0.2) is 18.2 Å². The number of halogens is 1. The molecule has 0 bridgehead atoms. The van der Waals surface area contributed by atoms with Crippen molar-refractivity contribution in [3.8, 4) is 0 Å². The summed E-state index contributed by atoms with van der Waals surface area (Å²) in [7, 11) is 0. The molecule has 0 aromatic heterocycles. The van der Waals surface area contributed by atoms with Crippen molar-refractivity contribution in [2.75, 3.05) is 0 Å². The van der Waals surface area contributed by atoms with Gasteiger partial charge in [-0.1, -0.05) is 25.0 Å². The number of rotatable bonds is 4. The van der Waals surface area contributed by atoms with E-state index in [-0.39, 0.29) is 12.4 Å². The zero-order chi connectivity index (χ0) is 9.97. The average molecular weight is 193 g/mol. The lowest BCUT2D eigenvalue weighted by Gasteiger charge is -2.03. The van der Waals surface area contributed by atoms with Crippen molar-refractivity contribution < 1.29 is 4.39 Å². The van der Waals surface area contributed by atoms with Crippen LogP contribution < -0.4 is 5.73 Å². The fraction of sp³-hybridized carbons (Fsp3) is 0.500. The van der Waals surface area contributed by atoms with E-state index in [4.69, 9.17) is 5.73 Å². The lowest BCUT2D eigenvalue weighted by molar-refractivity contribution is 0.606. The summed E-state index contributed by atoms with van der Waals surface area (Å²) in [5.41, 5.74) is 7.11. The molecule has 0 spiro atoms. The summed E-state index contributed by atoms with van der Waals surface area (Å²) in [5.74, 6) is 0.757. The lowest BCUT2D eigenvalue weighted by Crippen LogP contribution is -2.00. The minimum atomic E-state index is -0.152. The molecule has 14 heavy (non-hydrogen) atoms. The van der Waals surface area contributed by atoms with Gasteiger partial charge < -0.3 is 5.73 Å². The largest absolute Gasteiger partial charge is 0.326 e.